The number of sulfonamides is 1. The Labute approximate surface area is 130 Å². The van der Waals surface area contributed by atoms with Crippen LogP contribution in [0, 0.1) is 25.5 Å². The van der Waals surface area contributed by atoms with Crippen LogP contribution in [0.1, 0.15) is 11.1 Å². The highest BCUT2D eigenvalue weighted by Gasteiger charge is 2.21. The molecule has 2 aromatic carbocycles. The summed E-state index contributed by atoms with van der Waals surface area (Å²) in [5.74, 6) is -1.98. The van der Waals surface area contributed by atoms with Crippen molar-refractivity contribution in [3.8, 4) is 0 Å². The van der Waals surface area contributed by atoms with Gasteiger partial charge in [0.15, 0.2) is 11.6 Å². The molecule has 3 nitrogen and oxygen atoms in total. The fourth-order valence-electron chi connectivity index (χ4n) is 1.93. The molecule has 0 aromatic heterocycles. The molecule has 0 saturated heterocycles. The van der Waals surface area contributed by atoms with E-state index in [1.165, 1.54) is 6.07 Å². The van der Waals surface area contributed by atoms with Crippen LogP contribution in [-0.4, -0.2) is 8.42 Å². The van der Waals surface area contributed by atoms with Crippen molar-refractivity contribution in [1.29, 1.82) is 0 Å². The molecule has 0 aliphatic rings. The van der Waals surface area contributed by atoms with Crippen molar-refractivity contribution in [1.82, 2.24) is 0 Å². The van der Waals surface area contributed by atoms with Crippen LogP contribution in [0.25, 0.3) is 0 Å². The molecule has 0 aliphatic carbocycles. The molecule has 0 saturated carbocycles. The van der Waals surface area contributed by atoms with Crippen molar-refractivity contribution >= 4 is 31.6 Å². The molecule has 1 N–H and O–H groups in total. The van der Waals surface area contributed by atoms with Crippen molar-refractivity contribution < 1.29 is 17.2 Å². The minimum atomic E-state index is -4.06. The van der Waals surface area contributed by atoms with Gasteiger partial charge in [0.2, 0.25) is 0 Å². The smallest absolute Gasteiger partial charge is 0.262 e. The van der Waals surface area contributed by atoms with Gasteiger partial charge in [0.1, 0.15) is 5.69 Å². The summed E-state index contributed by atoms with van der Waals surface area (Å²) in [6, 6.07) is 6.69. The van der Waals surface area contributed by atoms with E-state index in [-0.39, 0.29) is 9.37 Å². The van der Waals surface area contributed by atoms with Gasteiger partial charge < -0.3 is 0 Å². The van der Waals surface area contributed by atoms with E-state index in [4.69, 9.17) is 0 Å². The van der Waals surface area contributed by atoms with Gasteiger partial charge in [-0.25, -0.2) is 17.2 Å². The highest BCUT2D eigenvalue weighted by molar-refractivity contribution is 9.10. The average molecular weight is 376 g/mol. The highest BCUT2D eigenvalue weighted by Crippen LogP contribution is 2.27. The molecule has 7 heteroatoms. The zero-order valence-corrected chi connectivity index (χ0v) is 13.6. The van der Waals surface area contributed by atoms with Gasteiger partial charge in [0, 0.05) is 4.47 Å². The summed E-state index contributed by atoms with van der Waals surface area (Å²) in [6.07, 6.45) is 0. The summed E-state index contributed by atoms with van der Waals surface area (Å²) < 4.78 is 54.1. The molecular formula is C14H12BrF2NO2S. The molecule has 0 amide bonds. The molecule has 0 heterocycles. The number of hydrogen-bond donors (Lipinski definition) is 1. The highest BCUT2D eigenvalue weighted by atomic mass is 79.9. The number of rotatable bonds is 3. The normalized spacial score (nSPS) is 11.5. The molecule has 0 spiro atoms. The molecule has 112 valence electrons. The number of nitrogens with one attached hydrogen (secondary N) is 1. The Morgan fingerprint density at radius 3 is 2.14 bits per heavy atom. The number of anilines is 1. The van der Waals surface area contributed by atoms with Gasteiger partial charge in [-0.2, -0.15) is 0 Å². The number of hydrogen-bond acceptors (Lipinski definition) is 2. The minimum Gasteiger partial charge on any atom is -0.274 e. The largest absolute Gasteiger partial charge is 0.274 e. The maximum absolute atomic E-state index is 13.7. The summed E-state index contributed by atoms with van der Waals surface area (Å²) in [6.45, 7) is 3.45. The molecule has 21 heavy (non-hydrogen) atoms. The second-order valence-corrected chi connectivity index (χ2v) is 7.19. The first-order valence-electron chi connectivity index (χ1n) is 5.95. The number of halogens is 3. The van der Waals surface area contributed by atoms with E-state index in [9.17, 15) is 17.2 Å². The summed E-state index contributed by atoms with van der Waals surface area (Å²) in [4.78, 5) is -0.0187. The van der Waals surface area contributed by atoms with Crippen LogP contribution in [0.5, 0.6) is 0 Å². The lowest BCUT2D eigenvalue weighted by Crippen LogP contribution is -2.16. The zero-order valence-electron chi connectivity index (χ0n) is 11.2. The third-order valence-electron chi connectivity index (χ3n) is 2.86. The van der Waals surface area contributed by atoms with Crippen molar-refractivity contribution in [3.05, 3.63) is 57.6 Å². The van der Waals surface area contributed by atoms with Gasteiger partial charge in [-0.3, -0.25) is 4.72 Å². The summed E-state index contributed by atoms with van der Waals surface area (Å²) in [7, 11) is -4.06. The Kier molecular flexibility index (Phi) is 4.34. The van der Waals surface area contributed by atoms with Crippen LogP contribution in [0.2, 0.25) is 0 Å². The fraction of sp³-hybridized carbons (Fsp3) is 0.143. The number of aryl methyl sites for hydroxylation is 2. The van der Waals surface area contributed by atoms with Crippen molar-refractivity contribution in [2.75, 3.05) is 4.72 Å². The third kappa shape index (κ3) is 3.41. The van der Waals surface area contributed by atoms with E-state index in [1.54, 1.807) is 19.1 Å². The Morgan fingerprint density at radius 1 is 1.05 bits per heavy atom. The predicted octanol–water partition coefficient (Wildman–Crippen LogP) is 4.14. The molecule has 0 bridgehead atoms. The number of benzene rings is 2. The van der Waals surface area contributed by atoms with E-state index in [2.05, 4.69) is 15.9 Å². The average Bonchev–Trinajstić information content (AvgIpc) is 2.33. The second kappa shape index (κ2) is 5.73. The van der Waals surface area contributed by atoms with E-state index >= 15 is 0 Å². The van der Waals surface area contributed by atoms with Crippen LogP contribution >= 0.6 is 15.9 Å². The lowest BCUT2D eigenvalue weighted by atomic mass is 10.2. The van der Waals surface area contributed by atoms with E-state index in [0.29, 0.717) is 5.56 Å². The monoisotopic (exact) mass is 375 g/mol. The summed E-state index contributed by atoms with van der Waals surface area (Å²) >= 11 is 2.93. The third-order valence-corrected chi connectivity index (χ3v) is 4.83. The second-order valence-electron chi connectivity index (χ2n) is 4.62. The Morgan fingerprint density at radius 2 is 1.62 bits per heavy atom. The Hall–Kier alpha value is -1.47. The van der Waals surface area contributed by atoms with Crippen LogP contribution in [-0.2, 0) is 10.0 Å². The summed E-state index contributed by atoms with van der Waals surface area (Å²) in [5, 5.41) is 0. The van der Waals surface area contributed by atoms with Crippen LogP contribution in [0.3, 0.4) is 0 Å². The Bertz CT molecular complexity index is 784. The van der Waals surface area contributed by atoms with Gasteiger partial charge in [0.05, 0.1) is 4.90 Å². The molecule has 0 atom stereocenters. The standard InChI is InChI=1S/C14H12BrF2NO2S/c1-8-3-4-13(9(2)5-8)21(19,20)18-14-11(16)6-10(15)7-12(14)17/h3-7,18H,1-2H3. The molecule has 0 unspecified atom stereocenters. The molecule has 2 aromatic rings. The van der Waals surface area contributed by atoms with E-state index in [0.717, 1.165) is 17.7 Å². The fourth-order valence-corrected chi connectivity index (χ4v) is 3.64. The molecule has 2 rings (SSSR count). The predicted molar refractivity (Wildman–Crippen MR) is 80.8 cm³/mol. The topological polar surface area (TPSA) is 46.2 Å². The van der Waals surface area contributed by atoms with Crippen molar-refractivity contribution in [2.24, 2.45) is 0 Å². The quantitative estimate of drug-likeness (QED) is 0.875. The van der Waals surface area contributed by atoms with Gasteiger partial charge in [-0.1, -0.05) is 33.6 Å². The van der Waals surface area contributed by atoms with Crippen LogP contribution < -0.4 is 4.72 Å². The first kappa shape index (κ1) is 15.9. The van der Waals surface area contributed by atoms with Gasteiger partial charge >= 0.3 is 0 Å². The first-order valence-corrected chi connectivity index (χ1v) is 8.23. The van der Waals surface area contributed by atoms with Crippen LogP contribution in [0.15, 0.2) is 39.7 Å². The minimum absolute atomic E-state index is 0.0187. The van der Waals surface area contributed by atoms with E-state index in [1.807, 2.05) is 11.6 Å². The maximum atomic E-state index is 13.7. The summed E-state index contributed by atoms with van der Waals surface area (Å²) in [5.41, 5.74) is 0.700. The lowest BCUT2D eigenvalue weighted by molar-refractivity contribution is 0.581. The Balaban J connectivity index is 2.47. The SMILES string of the molecule is Cc1ccc(S(=O)(=O)Nc2c(F)cc(Br)cc2F)c(C)c1. The molecule has 0 fully saturated rings. The molecule has 0 radical (unpaired) electrons. The maximum Gasteiger partial charge on any atom is 0.262 e. The first-order chi connectivity index (χ1) is 9.70. The van der Waals surface area contributed by atoms with Gasteiger partial charge in [-0.05, 0) is 37.6 Å². The lowest BCUT2D eigenvalue weighted by Gasteiger charge is -2.12. The van der Waals surface area contributed by atoms with Crippen LogP contribution in [0.4, 0.5) is 14.5 Å². The molecular weight excluding hydrogens is 364 g/mol. The molecule has 0 aliphatic heterocycles. The van der Waals surface area contributed by atoms with Crippen molar-refractivity contribution in [2.45, 2.75) is 18.7 Å². The zero-order chi connectivity index (χ0) is 15.8. The van der Waals surface area contributed by atoms with E-state index < -0.39 is 27.3 Å². The van der Waals surface area contributed by atoms with Gasteiger partial charge in [-0.15, -0.1) is 0 Å². The van der Waals surface area contributed by atoms with Crippen molar-refractivity contribution in [3.63, 3.8) is 0 Å². The van der Waals surface area contributed by atoms with Gasteiger partial charge in [0.25, 0.3) is 10.0 Å².